The van der Waals surface area contributed by atoms with Crippen LogP contribution in [0.15, 0.2) is 12.2 Å². The third kappa shape index (κ3) is 3.43. The lowest BCUT2D eigenvalue weighted by Gasteiger charge is -2.61. The molecule has 4 rings (SSSR count). The Morgan fingerprint density at radius 3 is 2.39 bits per heavy atom. The van der Waals surface area contributed by atoms with Crippen molar-refractivity contribution in [2.45, 2.75) is 112 Å². The molecule has 0 radical (unpaired) electrons. The molecule has 0 spiro atoms. The topological polar surface area (TPSA) is 0 Å². The number of allylic oxidation sites excluding steroid dienone is 1. The monoisotopic (exact) mass is 384 g/mol. The standard InChI is InChI=1S/C28H48/c1-19(2)8-7-9-21(4)24-12-13-25-23-11-10-22-18-20(3)14-16-27(22,5)26(23)15-17-28(24,25)6/h19,21-26H,3,7-18H2,1-2,4-6H3/t21-,22+,23+,24-,25-,26-,27+,28+/m1/s1. The summed E-state index contributed by atoms with van der Waals surface area (Å²) in [6, 6.07) is 0. The van der Waals surface area contributed by atoms with Gasteiger partial charge in [0.05, 0.1) is 0 Å². The van der Waals surface area contributed by atoms with E-state index in [1.165, 1.54) is 70.6 Å². The first-order valence-electron chi connectivity index (χ1n) is 12.9. The smallest absolute Gasteiger partial charge is 0.0260 e. The summed E-state index contributed by atoms with van der Waals surface area (Å²) in [6.45, 7) is 17.2. The van der Waals surface area contributed by atoms with Crippen LogP contribution in [0.25, 0.3) is 0 Å². The van der Waals surface area contributed by atoms with Crippen LogP contribution in [0.4, 0.5) is 0 Å². The Balaban J connectivity index is 1.47. The SMILES string of the molecule is C=C1CC[C@@]2(C)[C@@H](CC[C@H]3[C@H]4CC[C@H]([C@H](C)CCCC(C)C)[C@]4(C)CC[C@H]32)C1. The van der Waals surface area contributed by atoms with Gasteiger partial charge in [-0.2, -0.15) is 0 Å². The number of hydrogen-bond donors (Lipinski definition) is 0. The van der Waals surface area contributed by atoms with Gasteiger partial charge in [0.25, 0.3) is 0 Å². The fraction of sp³-hybridized carbons (Fsp3) is 0.929. The lowest BCUT2D eigenvalue weighted by Crippen LogP contribution is -2.53. The largest absolute Gasteiger partial charge is 0.0999 e. The summed E-state index contributed by atoms with van der Waals surface area (Å²) < 4.78 is 0. The highest BCUT2D eigenvalue weighted by molar-refractivity contribution is 5.13. The van der Waals surface area contributed by atoms with Crippen LogP contribution in [0.1, 0.15) is 112 Å². The molecule has 4 saturated carbocycles. The first-order chi connectivity index (χ1) is 13.3. The molecule has 0 amide bonds. The van der Waals surface area contributed by atoms with Crippen LogP contribution in [-0.2, 0) is 0 Å². The van der Waals surface area contributed by atoms with E-state index in [0.717, 1.165) is 41.4 Å². The van der Waals surface area contributed by atoms with E-state index < -0.39 is 0 Å². The highest BCUT2D eigenvalue weighted by Gasteiger charge is 2.60. The highest BCUT2D eigenvalue weighted by atomic mass is 14.6. The van der Waals surface area contributed by atoms with Crippen molar-refractivity contribution in [2.75, 3.05) is 0 Å². The average molecular weight is 385 g/mol. The lowest BCUT2D eigenvalue weighted by atomic mass is 9.44. The second-order valence-electron chi connectivity index (χ2n) is 12.6. The lowest BCUT2D eigenvalue weighted by molar-refractivity contribution is -0.109. The summed E-state index contributed by atoms with van der Waals surface area (Å²) in [5, 5.41) is 0. The summed E-state index contributed by atoms with van der Waals surface area (Å²) in [6.07, 6.45) is 17.6. The molecule has 0 heteroatoms. The van der Waals surface area contributed by atoms with Crippen molar-refractivity contribution >= 4 is 0 Å². The molecule has 8 atom stereocenters. The Hall–Kier alpha value is -0.260. The zero-order valence-electron chi connectivity index (χ0n) is 19.7. The van der Waals surface area contributed by atoms with Crippen molar-refractivity contribution < 1.29 is 0 Å². The van der Waals surface area contributed by atoms with E-state index in [1.54, 1.807) is 12.0 Å². The van der Waals surface area contributed by atoms with Gasteiger partial charge < -0.3 is 0 Å². The number of fused-ring (bicyclic) bond motifs is 5. The van der Waals surface area contributed by atoms with Crippen molar-refractivity contribution in [3.8, 4) is 0 Å². The van der Waals surface area contributed by atoms with Gasteiger partial charge in [0.15, 0.2) is 0 Å². The zero-order valence-corrected chi connectivity index (χ0v) is 19.7. The maximum Gasteiger partial charge on any atom is -0.0260 e. The van der Waals surface area contributed by atoms with E-state index >= 15 is 0 Å². The van der Waals surface area contributed by atoms with Crippen LogP contribution in [0, 0.1) is 52.3 Å². The molecule has 4 aliphatic rings. The van der Waals surface area contributed by atoms with Gasteiger partial charge in [-0.15, -0.1) is 0 Å². The van der Waals surface area contributed by atoms with Crippen molar-refractivity contribution in [2.24, 2.45) is 52.3 Å². The molecule has 0 unspecified atom stereocenters. The van der Waals surface area contributed by atoms with E-state index in [9.17, 15) is 0 Å². The van der Waals surface area contributed by atoms with Gasteiger partial charge in [-0.3, -0.25) is 0 Å². The summed E-state index contributed by atoms with van der Waals surface area (Å²) in [5.74, 6) is 6.86. The molecular formula is C28H48. The van der Waals surface area contributed by atoms with Crippen molar-refractivity contribution in [3.63, 3.8) is 0 Å². The highest BCUT2D eigenvalue weighted by Crippen LogP contribution is 2.68. The van der Waals surface area contributed by atoms with E-state index in [1.807, 2.05) is 0 Å². The number of rotatable bonds is 5. The molecule has 0 nitrogen and oxygen atoms in total. The second-order valence-corrected chi connectivity index (χ2v) is 12.6. The van der Waals surface area contributed by atoms with Gasteiger partial charge in [0.2, 0.25) is 0 Å². The summed E-state index contributed by atoms with van der Waals surface area (Å²) in [4.78, 5) is 0. The van der Waals surface area contributed by atoms with Gasteiger partial charge in [0, 0.05) is 0 Å². The van der Waals surface area contributed by atoms with Crippen molar-refractivity contribution in [1.82, 2.24) is 0 Å². The fourth-order valence-electron chi connectivity index (χ4n) is 9.18. The third-order valence-corrected chi connectivity index (χ3v) is 10.8. The zero-order chi connectivity index (χ0) is 20.1. The van der Waals surface area contributed by atoms with Gasteiger partial charge in [-0.25, -0.2) is 0 Å². The Morgan fingerprint density at radius 1 is 0.893 bits per heavy atom. The first-order valence-corrected chi connectivity index (χ1v) is 12.9. The molecule has 4 fully saturated rings. The van der Waals surface area contributed by atoms with Crippen LogP contribution >= 0.6 is 0 Å². The predicted molar refractivity (Wildman–Crippen MR) is 122 cm³/mol. The van der Waals surface area contributed by atoms with Gasteiger partial charge in [-0.1, -0.05) is 66.0 Å². The Labute approximate surface area is 176 Å². The summed E-state index contributed by atoms with van der Waals surface area (Å²) in [7, 11) is 0. The molecule has 4 aliphatic carbocycles. The third-order valence-electron chi connectivity index (χ3n) is 10.8. The molecule has 160 valence electrons. The van der Waals surface area contributed by atoms with Crippen LogP contribution in [0.3, 0.4) is 0 Å². The van der Waals surface area contributed by atoms with E-state index in [0.29, 0.717) is 10.8 Å². The minimum atomic E-state index is 0.631. The summed E-state index contributed by atoms with van der Waals surface area (Å²) >= 11 is 0. The fourth-order valence-corrected chi connectivity index (χ4v) is 9.18. The maximum absolute atomic E-state index is 4.37. The second kappa shape index (κ2) is 7.77. The normalized spacial score (nSPS) is 46.8. The molecule has 28 heavy (non-hydrogen) atoms. The van der Waals surface area contributed by atoms with Crippen LogP contribution in [-0.4, -0.2) is 0 Å². The van der Waals surface area contributed by atoms with Gasteiger partial charge in [-0.05, 0) is 110 Å². The first kappa shape index (κ1) is 21.0. The van der Waals surface area contributed by atoms with E-state index in [-0.39, 0.29) is 0 Å². The molecule has 0 saturated heterocycles. The Bertz CT molecular complexity index is 573. The van der Waals surface area contributed by atoms with Crippen LogP contribution in [0.5, 0.6) is 0 Å². The van der Waals surface area contributed by atoms with Crippen LogP contribution < -0.4 is 0 Å². The van der Waals surface area contributed by atoms with E-state index in [2.05, 4.69) is 41.2 Å². The van der Waals surface area contributed by atoms with Gasteiger partial charge in [0.1, 0.15) is 0 Å². The van der Waals surface area contributed by atoms with E-state index in [4.69, 9.17) is 0 Å². The maximum atomic E-state index is 4.37. The Kier molecular flexibility index (Phi) is 5.83. The predicted octanol–water partition coefficient (Wildman–Crippen LogP) is 8.66. The molecule has 0 aromatic carbocycles. The van der Waals surface area contributed by atoms with Gasteiger partial charge >= 0.3 is 0 Å². The van der Waals surface area contributed by atoms with Crippen molar-refractivity contribution in [3.05, 3.63) is 12.2 Å². The minimum Gasteiger partial charge on any atom is -0.0999 e. The molecule has 0 aromatic heterocycles. The molecule has 0 bridgehead atoms. The average Bonchev–Trinajstić information content (AvgIpc) is 2.99. The summed E-state index contributed by atoms with van der Waals surface area (Å²) in [5.41, 5.74) is 2.84. The molecule has 0 aliphatic heterocycles. The van der Waals surface area contributed by atoms with Crippen LogP contribution in [0.2, 0.25) is 0 Å². The molecule has 0 N–H and O–H groups in total. The molecular weight excluding hydrogens is 336 g/mol. The quantitative estimate of drug-likeness (QED) is 0.416. The van der Waals surface area contributed by atoms with Crippen molar-refractivity contribution in [1.29, 1.82) is 0 Å². The Morgan fingerprint density at radius 2 is 1.64 bits per heavy atom. The number of hydrogen-bond acceptors (Lipinski definition) is 0. The molecule has 0 heterocycles. The minimum absolute atomic E-state index is 0.631. The molecule has 0 aromatic rings.